The molecule has 1 aromatic heterocycles. The number of pyridine rings is 1. The summed E-state index contributed by atoms with van der Waals surface area (Å²) in [6.45, 7) is 1.01. The highest BCUT2D eigenvalue weighted by Gasteiger charge is 2.40. The standard InChI is InChI=1S/C20H20FN3O4/c21-15-2-1-13-3-4-20(28-17(13)10-15)5-7-24(8-6-20)19(27)23-16-9-14(18(25)26)11-22-12-16/h1-2,9-12H,3-8H2,(H,23,27)(H,25,26). The minimum Gasteiger partial charge on any atom is -0.487 e. The molecular weight excluding hydrogens is 365 g/mol. The number of aryl methyl sites for hydroxylation is 1. The number of carbonyl (C=O) groups is 2. The second-order valence-electron chi connectivity index (χ2n) is 7.22. The number of piperidine rings is 1. The Labute approximate surface area is 161 Å². The molecule has 0 saturated carbocycles. The number of amides is 2. The van der Waals surface area contributed by atoms with Crippen molar-refractivity contribution >= 4 is 17.7 Å². The van der Waals surface area contributed by atoms with Gasteiger partial charge in [-0.2, -0.15) is 0 Å². The molecule has 0 aliphatic carbocycles. The van der Waals surface area contributed by atoms with Gasteiger partial charge in [-0.1, -0.05) is 6.07 Å². The van der Waals surface area contributed by atoms with E-state index in [1.54, 1.807) is 11.0 Å². The molecule has 1 saturated heterocycles. The predicted octanol–water partition coefficient (Wildman–Crippen LogP) is 3.31. The van der Waals surface area contributed by atoms with E-state index in [9.17, 15) is 14.0 Å². The van der Waals surface area contributed by atoms with Crippen molar-refractivity contribution in [3.63, 3.8) is 0 Å². The maximum Gasteiger partial charge on any atom is 0.337 e. The summed E-state index contributed by atoms with van der Waals surface area (Å²) in [4.78, 5) is 29.0. The molecule has 1 fully saturated rings. The Morgan fingerprint density at radius 2 is 1.96 bits per heavy atom. The van der Waals surface area contributed by atoms with Gasteiger partial charge in [0.15, 0.2) is 0 Å². The maximum atomic E-state index is 13.5. The largest absolute Gasteiger partial charge is 0.487 e. The number of benzene rings is 1. The molecule has 0 atom stereocenters. The molecule has 2 aliphatic rings. The lowest BCUT2D eigenvalue weighted by Crippen LogP contribution is -2.52. The number of hydrogen-bond donors (Lipinski definition) is 2. The Bertz CT molecular complexity index is 925. The second kappa shape index (κ2) is 7.10. The molecule has 28 heavy (non-hydrogen) atoms. The number of carboxylic acid groups (broad SMARTS) is 1. The van der Waals surface area contributed by atoms with Gasteiger partial charge < -0.3 is 20.1 Å². The lowest BCUT2D eigenvalue weighted by molar-refractivity contribution is -0.00460. The SMILES string of the molecule is O=C(O)c1cncc(NC(=O)N2CCC3(CCc4ccc(F)cc4O3)CC2)c1. The summed E-state index contributed by atoms with van der Waals surface area (Å²) in [6.07, 6.45) is 5.62. The van der Waals surface area contributed by atoms with E-state index in [1.165, 1.54) is 30.6 Å². The van der Waals surface area contributed by atoms with Gasteiger partial charge in [-0.25, -0.2) is 14.0 Å². The number of urea groups is 1. The van der Waals surface area contributed by atoms with Crippen LogP contribution in [0.15, 0.2) is 36.7 Å². The van der Waals surface area contributed by atoms with E-state index in [2.05, 4.69) is 10.3 Å². The number of carbonyl (C=O) groups excluding carboxylic acids is 1. The van der Waals surface area contributed by atoms with Crippen LogP contribution >= 0.6 is 0 Å². The Hall–Kier alpha value is -3.16. The number of carboxylic acids is 1. The smallest absolute Gasteiger partial charge is 0.337 e. The number of hydrogen-bond acceptors (Lipinski definition) is 4. The van der Waals surface area contributed by atoms with Gasteiger partial charge >= 0.3 is 12.0 Å². The summed E-state index contributed by atoms with van der Waals surface area (Å²) in [6, 6.07) is 5.70. The van der Waals surface area contributed by atoms with E-state index < -0.39 is 5.97 Å². The molecule has 4 rings (SSSR count). The van der Waals surface area contributed by atoms with E-state index >= 15 is 0 Å². The molecule has 7 nitrogen and oxygen atoms in total. The molecule has 2 aromatic rings. The molecule has 0 radical (unpaired) electrons. The minimum absolute atomic E-state index is 0.0110. The van der Waals surface area contributed by atoms with Crippen molar-refractivity contribution in [3.05, 3.63) is 53.6 Å². The highest BCUT2D eigenvalue weighted by molar-refractivity contribution is 5.92. The van der Waals surface area contributed by atoms with Gasteiger partial charge in [0.05, 0.1) is 17.4 Å². The summed E-state index contributed by atoms with van der Waals surface area (Å²) in [5, 5.41) is 11.7. The number of ether oxygens (including phenoxy) is 1. The van der Waals surface area contributed by atoms with Gasteiger partial charge in [-0.3, -0.25) is 4.98 Å². The Kier molecular flexibility index (Phi) is 4.62. The van der Waals surface area contributed by atoms with Crippen LogP contribution in [0.25, 0.3) is 0 Å². The first-order valence-corrected chi connectivity index (χ1v) is 9.16. The number of aromatic carboxylic acids is 1. The van der Waals surface area contributed by atoms with Gasteiger partial charge in [-0.05, 0) is 30.5 Å². The van der Waals surface area contributed by atoms with E-state index in [1.807, 2.05) is 0 Å². The van der Waals surface area contributed by atoms with Crippen molar-refractivity contribution < 1.29 is 23.8 Å². The number of likely N-dealkylation sites (tertiary alicyclic amines) is 1. The molecule has 3 heterocycles. The molecule has 2 amide bonds. The van der Waals surface area contributed by atoms with Crippen molar-refractivity contribution in [2.45, 2.75) is 31.3 Å². The Morgan fingerprint density at radius 3 is 2.71 bits per heavy atom. The summed E-state index contributed by atoms with van der Waals surface area (Å²) in [5.74, 6) is -0.819. The van der Waals surface area contributed by atoms with E-state index in [-0.39, 0.29) is 23.0 Å². The molecular formula is C20H20FN3O4. The minimum atomic E-state index is -1.10. The van der Waals surface area contributed by atoms with Crippen molar-refractivity contribution in [1.82, 2.24) is 9.88 Å². The van der Waals surface area contributed by atoms with Crippen LogP contribution in [0.1, 0.15) is 35.2 Å². The first-order valence-electron chi connectivity index (χ1n) is 9.16. The summed E-state index contributed by atoms with van der Waals surface area (Å²) in [7, 11) is 0. The third kappa shape index (κ3) is 3.62. The van der Waals surface area contributed by atoms with E-state index in [0.717, 1.165) is 18.4 Å². The van der Waals surface area contributed by atoms with Crippen molar-refractivity contribution in [2.24, 2.45) is 0 Å². The van der Waals surface area contributed by atoms with Gasteiger partial charge in [0, 0.05) is 38.2 Å². The number of rotatable bonds is 2. The summed E-state index contributed by atoms with van der Waals surface area (Å²) in [5.41, 5.74) is 0.987. The number of anilines is 1. The molecule has 2 N–H and O–H groups in total. The van der Waals surface area contributed by atoms with Crippen LogP contribution in [0.5, 0.6) is 5.75 Å². The Morgan fingerprint density at radius 1 is 1.18 bits per heavy atom. The van der Waals surface area contributed by atoms with Crippen LogP contribution in [-0.2, 0) is 6.42 Å². The first-order chi connectivity index (χ1) is 13.4. The van der Waals surface area contributed by atoms with Gasteiger partial charge in [-0.15, -0.1) is 0 Å². The monoisotopic (exact) mass is 385 g/mol. The highest BCUT2D eigenvalue weighted by atomic mass is 19.1. The fourth-order valence-electron chi connectivity index (χ4n) is 3.77. The molecule has 1 aromatic carbocycles. The van der Waals surface area contributed by atoms with Crippen LogP contribution in [0, 0.1) is 5.82 Å². The van der Waals surface area contributed by atoms with Crippen LogP contribution in [0.2, 0.25) is 0 Å². The summed E-state index contributed by atoms with van der Waals surface area (Å²) < 4.78 is 19.7. The third-order valence-electron chi connectivity index (χ3n) is 5.40. The zero-order valence-electron chi connectivity index (χ0n) is 15.2. The van der Waals surface area contributed by atoms with E-state index in [4.69, 9.17) is 9.84 Å². The van der Waals surface area contributed by atoms with E-state index in [0.29, 0.717) is 37.4 Å². The molecule has 0 unspecified atom stereocenters. The van der Waals surface area contributed by atoms with Gasteiger partial charge in [0.25, 0.3) is 0 Å². The average molecular weight is 385 g/mol. The van der Waals surface area contributed by atoms with Crippen molar-refractivity contribution in [3.8, 4) is 5.75 Å². The van der Waals surface area contributed by atoms with Gasteiger partial charge in [0.1, 0.15) is 17.2 Å². The fourth-order valence-corrected chi connectivity index (χ4v) is 3.77. The Balaban J connectivity index is 1.38. The number of halogens is 1. The lowest BCUT2D eigenvalue weighted by Gasteiger charge is -2.44. The normalized spacial score (nSPS) is 17.5. The molecule has 2 aliphatic heterocycles. The summed E-state index contributed by atoms with van der Waals surface area (Å²) >= 11 is 0. The zero-order chi connectivity index (χ0) is 19.7. The molecule has 0 bridgehead atoms. The van der Waals surface area contributed by atoms with Crippen LogP contribution in [-0.4, -0.2) is 45.7 Å². The van der Waals surface area contributed by atoms with Crippen LogP contribution in [0.4, 0.5) is 14.9 Å². The fraction of sp³-hybridized carbons (Fsp3) is 0.350. The molecule has 1 spiro atoms. The van der Waals surface area contributed by atoms with Crippen LogP contribution < -0.4 is 10.1 Å². The number of fused-ring (bicyclic) bond motifs is 1. The van der Waals surface area contributed by atoms with Crippen molar-refractivity contribution in [1.29, 1.82) is 0 Å². The topological polar surface area (TPSA) is 91.8 Å². The highest BCUT2D eigenvalue weighted by Crippen LogP contribution is 2.39. The lowest BCUT2D eigenvalue weighted by atomic mass is 9.83. The van der Waals surface area contributed by atoms with Gasteiger partial charge in [0.2, 0.25) is 0 Å². The average Bonchev–Trinajstić information content (AvgIpc) is 2.68. The maximum absolute atomic E-state index is 13.5. The third-order valence-corrected chi connectivity index (χ3v) is 5.40. The number of nitrogens with zero attached hydrogens (tertiary/aromatic N) is 2. The first kappa shape index (κ1) is 18.2. The zero-order valence-corrected chi connectivity index (χ0v) is 15.2. The van der Waals surface area contributed by atoms with Crippen LogP contribution in [0.3, 0.4) is 0 Å². The molecule has 8 heteroatoms. The second-order valence-corrected chi connectivity index (χ2v) is 7.22. The quantitative estimate of drug-likeness (QED) is 0.828. The number of aromatic nitrogens is 1. The van der Waals surface area contributed by atoms with Crippen molar-refractivity contribution in [2.75, 3.05) is 18.4 Å². The molecule has 146 valence electrons. The predicted molar refractivity (Wildman–Crippen MR) is 99.1 cm³/mol. The number of nitrogens with one attached hydrogen (secondary N) is 1.